The highest BCUT2D eigenvalue weighted by Crippen LogP contribution is 2.16. The third kappa shape index (κ3) is 4.14. The summed E-state index contributed by atoms with van der Waals surface area (Å²) < 4.78 is 13.4. The van der Waals surface area contributed by atoms with Gasteiger partial charge in [-0.15, -0.1) is 0 Å². The molecule has 0 fully saturated rings. The number of anilines is 1. The van der Waals surface area contributed by atoms with Gasteiger partial charge in [0.25, 0.3) is 0 Å². The number of halogens is 1. The largest absolute Gasteiger partial charge is 0.366 e. The normalized spacial score (nSPS) is 10.1. The highest BCUT2D eigenvalue weighted by Gasteiger charge is 2.09. The van der Waals surface area contributed by atoms with Gasteiger partial charge in [0.2, 0.25) is 11.8 Å². The van der Waals surface area contributed by atoms with E-state index in [2.05, 4.69) is 10.6 Å². The molecule has 6 heteroatoms. The lowest BCUT2D eigenvalue weighted by Crippen LogP contribution is -2.17. The number of hydrogen-bond donors (Lipinski definition) is 3. The van der Waals surface area contributed by atoms with Crippen molar-refractivity contribution in [1.29, 1.82) is 0 Å². The lowest BCUT2D eigenvalue weighted by molar-refractivity contribution is -0.116. The summed E-state index contributed by atoms with van der Waals surface area (Å²) in [6, 6.07) is 3.60. The van der Waals surface area contributed by atoms with Crippen LogP contribution in [0.15, 0.2) is 18.2 Å². The molecule has 0 saturated heterocycles. The average Bonchev–Trinajstić information content (AvgIpc) is 2.32. The summed E-state index contributed by atoms with van der Waals surface area (Å²) in [5, 5.41) is 5.32. The summed E-state index contributed by atoms with van der Waals surface area (Å²) in [6.45, 7) is 0.706. The molecule has 1 aromatic rings. The van der Waals surface area contributed by atoms with Crippen molar-refractivity contribution >= 4 is 17.5 Å². The van der Waals surface area contributed by atoms with Crippen LogP contribution in [-0.4, -0.2) is 25.4 Å². The number of nitrogens with one attached hydrogen (secondary N) is 2. The van der Waals surface area contributed by atoms with Crippen LogP contribution in [0.2, 0.25) is 0 Å². The fourth-order valence-corrected chi connectivity index (χ4v) is 1.41. The molecule has 0 atom stereocenters. The molecule has 1 aromatic carbocycles. The number of carbonyl (C=O) groups is 2. The van der Waals surface area contributed by atoms with Crippen LogP contribution >= 0.6 is 0 Å². The second-order valence-electron chi connectivity index (χ2n) is 3.81. The summed E-state index contributed by atoms with van der Waals surface area (Å²) in [7, 11) is 1.79. The van der Waals surface area contributed by atoms with Crippen molar-refractivity contribution in [1.82, 2.24) is 5.32 Å². The van der Waals surface area contributed by atoms with Gasteiger partial charge in [0.15, 0.2) is 0 Å². The first kappa shape index (κ1) is 14.1. The lowest BCUT2D eigenvalue weighted by Gasteiger charge is -2.07. The lowest BCUT2D eigenvalue weighted by atomic mass is 10.1. The molecule has 1 rings (SSSR count). The molecule has 2 amide bonds. The van der Waals surface area contributed by atoms with Crippen LogP contribution in [0.4, 0.5) is 10.1 Å². The van der Waals surface area contributed by atoms with Gasteiger partial charge in [0.05, 0.1) is 5.69 Å². The highest BCUT2D eigenvalue weighted by atomic mass is 19.1. The van der Waals surface area contributed by atoms with Crippen molar-refractivity contribution in [2.24, 2.45) is 5.73 Å². The first-order valence-electron chi connectivity index (χ1n) is 5.58. The van der Waals surface area contributed by atoms with Crippen LogP contribution in [0.25, 0.3) is 0 Å². The Bertz CT molecular complexity index is 449. The van der Waals surface area contributed by atoms with E-state index in [9.17, 15) is 14.0 Å². The summed E-state index contributed by atoms with van der Waals surface area (Å²) >= 11 is 0. The quantitative estimate of drug-likeness (QED) is 0.657. The van der Waals surface area contributed by atoms with Crippen molar-refractivity contribution in [2.75, 3.05) is 18.9 Å². The number of primary amides is 1. The summed E-state index contributed by atoms with van der Waals surface area (Å²) in [5.41, 5.74) is 5.21. The van der Waals surface area contributed by atoms with Gasteiger partial charge in [-0.05, 0) is 38.2 Å². The number of hydrogen-bond acceptors (Lipinski definition) is 3. The Balaban J connectivity index is 2.68. The molecule has 0 aliphatic carbocycles. The molecule has 0 heterocycles. The number of carbonyl (C=O) groups excluding carboxylic acids is 2. The number of benzene rings is 1. The Kier molecular flexibility index (Phi) is 5.26. The Hall–Kier alpha value is -1.95. The Morgan fingerprint density at radius 3 is 2.72 bits per heavy atom. The van der Waals surface area contributed by atoms with Gasteiger partial charge in [0.1, 0.15) is 5.82 Å². The molecule has 0 aliphatic heterocycles. The molecule has 0 bridgehead atoms. The van der Waals surface area contributed by atoms with E-state index >= 15 is 0 Å². The zero-order valence-electron chi connectivity index (χ0n) is 10.1. The van der Waals surface area contributed by atoms with Gasteiger partial charge in [-0.3, -0.25) is 9.59 Å². The first-order chi connectivity index (χ1) is 8.54. The predicted octanol–water partition coefficient (Wildman–Crippen LogP) is 0.863. The van der Waals surface area contributed by atoms with Crippen molar-refractivity contribution in [2.45, 2.75) is 12.8 Å². The summed E-state index contributed by atoms with van der Waals surface area (Å²) in [6.07, 6.45) is 0.931. The van der Waals surface area contributed by atoms with Crippen LogP contribution in [0.3, 0.4) is 0 Å². The van der Waals surface area contributed by atoms with Crippen LogP contribution in [0, 0.1) is 5.82 Å². The third-order valence-electron chi connectivity index (χ3n) is 2.36. The molecule has 0 unspecified atom stereocenters. The van der Waals surface area contributed by atoms with E-state index in [1.807, 2.05) is 0 Å². The maximum atomic E-state index is 13.4. The average molecular weight is 253 g/mol. The number of rotatable bonds is 6. The molecule has 98 valence electrons. The van der Waals surface area contributed by atoms with Crippen molar-refractivity contribution in [3.8, 4) is 0 Å². The Morgan fingerprint density at radius 2 is 2.11 bits per heavy atom. The predicted molar refractivity (Wildman–Crippen MR) is 66.7 cm³/mol. The summed E-state index contributed by atoms with van der Waals surface area (Å²) in [4.78, 5) is 22.4. The first-order valence-corrected chi connectivity index (χ1v) is 5.58. The highest BCUT2D eigenvalue weighted by molar-refractivity contribution is 5.96. The van der Waals surface area contributed by atoms with Crippen LogP contribution in [0.5, 0.6) is 0 Å². The minimum Gasteiger partial charge on any atom is -0.366 e. The standard InChI is InChI=1S/C12H16FN3O2/c1-15-6-2-3-11(17)16-10-7-8(12(14)18)4-5-9(10)13/h4-5,7,15H,2-3,6H2,1H3,(H2,14,18)(H,16,17). The fourth-order valence-electron chi connectivity index (χ4n) is 1.41. The maximum absolute atomic E-state index is 13.4. The zero-order valence-corrected chi connectivity index (χ0v) is 10.1. The van der Waals surface area contributed by atoms with Crippen molar-refractivity contribution in [3.63, 3.8) is 0 Å². The maximum Gasteiger partial charge on any atom is 0.248 e. The molecule has 18 heavy (non-hydrogen) atoms. The van der Waals surface area contributed by atoms with Gasteiger partial charge >= 0.3 is 0 Å². The van der Waals surface area contributed by atoms with Gasteiger partial charge in [-0.1, -0.05) is 0 Å². The third-order valence-corrected chi connectivity index (χ3v) is 2.36. The minimum atomic E-state index is -0.666. The van der Waals surface area contributed by atoms with E-state index in [0.717, 1.165) is 6.07 Å². The molecular weight excluding hydrogens is 237 g/mol. The Labute approximate surface area is 105 Å². The second kappa shape index (κ2) is 6.70. The smallest absolute Gasteiger partial charge is 0.248 e. The fraction of sp³-hybridized carbons (Fsp3) is 0.333. The van der Waals surface area contributed by atoms with Gasteiger partial charge in [-0.25, -0.2) is 4.39 Å². The molecule has 4 N–H and O–H groups in total. The van der Waals surface area contributed by atoms with Crippen molar-refractivity contribution in [3.05, 3.63) is 29.6 Å². The topological polar surface area (TPSA) is 84.2 Å². The van der Waals surface area contributed by atoms with E-state index in [1.54, 1.807) is 7.05 Å². The Morgan fingerprint density at radius 1 is 1.39 bits per heavy atom. The van der Waals surface area contributed by atoms with Crippen LogP contribution < -0.4 is 16.4 Å². The number of amides is 2. The van der Waals surface area contributed by atoms with E-state index in [0.29, 0.717) is 13.0 Å². The molecule has 0 spiro atoms. The summed E-state index contributed by atoms with van der Waals surface area (Å²) in [5.74, 6) is -1.56. The van der Waals surface area contributed by atoms with Gasteiger partial charge in [0, 0.05) is 12.0 Å². The second-order valence-corrected chi connectivity index (χ2v) is 3.81. The van der Waals surface area contributed by atoms with E-state index in [1.165, 1.54) is 12.1 Å². The molecular formula is C12H16FN3O2. The van der Waals surface area contributed by atoms with Crippen LogP contribution in [-0.2, 0) is 4.79 Å². The molecule has 5 nitrogen and oxygen atoms in total. The molecule has 0 saturated carbocycles. The van der Waals surface area contributed by atoms with Crippen LogP contribution in [0.1, 0.15) is 23.2 Å². The SMILES string of the molecule is CNCCCC(=O)Nc1cc(C(N)=O)ccc1F. The van der Waals surface area contributed by atoms with Crippen molar-refractivity contribution < 1.29 is 14.0 Å². The van der Waals surface area contributed by atoms with E-state index in [4.69, 9.17) is 5.73 Å². The van der Waals surface area contributed by atoms with Gasteiger partial charge in [-0.2, -0.15) is 0 Å². The monoisotopic (exact) mass is 253 g/mol. The minimum absolute atomic E-state index is 0.0271. The number of nitrogens with two attached hydrogens (primary N) is 1. The van der Waals surface area contributed by atoms with Gasteiger partial charge < -0.3 is 16.4 Å². The molecule has 0 aromatic heterocycles. The molecule has 0 radical (unpaired) electrons. The molecule has 0 aliphatic rings. The van der Waals surface area contributed by atoms with E-state index < -0.39 is 11.7 Å². The zero-order chi connectivity index (χ0) is 13.5. The van der Waals surface area contributed by atoms with E-state index in [-0.39, 0.29) is 23.6 Å².